The number of benzene rings is 1. The van der Waals surface area contributed by atoms with Crippen molar-refractivity contribution in [1.29, 1.82) is 0 Å². The Hall–Kier alpha value is -1.58. The van der Waals surface area contributed by atoms with Crippen molar-refractivity contribution in [3.8, 4) is 5.75 Å². The highest BCUT2D eigenvalue weighted by molar-refractivity contribution is 5.70. The van der Waals surface area contributed by atoms with Crippen LogP contribution in [0.4, 0.5) is 4.39 Å². The van der Waals surface area contributed by atoms with Crippen LogP contribution in [0.25, 0.3) is 0 Å². The van der Waals surface area contributed by atoms with Gasteiger partial charge in [-0.05, 0) is 44.0 Å². The third-order valence-electron chi connectivity index (χ3n) is 2.33. The molecule has 0 amide bonds. The van der Waals surface area contributed by atoms with Gasteiger partial charge in [-0.1, -0.05) is 6.92 Å². The average molecular weight is 240 g/mol. The normalized spacial score (nSPS) is 12.5. The van der Waals surface area contributed by atoms with Crippen LogP contribution in [0, 0.1) is 11.7 Å². The minimum absolute atomic E-state index is 0.0284. The molecule has 0 aliphatic carbocycles. The number of hydrogen-bond acceptors (Lipinski definition) is 2. The number of carboxylic acids is 1. The van der Waals surface area contributed by atoms with E-state index in [0.717, 1.165) is 0 Å². The van der Waals surface area contributed by atoms with Gasteiger partial charge in [0.15, 0.2) is 0 Å². The van der Waals surface area contributed by atoms with Gasteiger partial charge in [0.2, 0.25) is 0 Å². The van der Waals surface area contributed by atoms with Crippen LogP contribution in [0.15, 0.2) is 18.2 Å². The molecule has 0 saturated heterocycles. The van der Waals surface area contributed by atoms with Crippen molar-refractivity contribution in [2.24, 2.45) is 5.92 Å². The summed E-state index contributed by atoms with van der Waals surface area (Å²) in [7, 11) is 0. The molecule has 1 aromatic rings. The molecule has 1 N–H and O–H groups in total. The van der Waals surface area contributed by atoms with Crippen molar-refractivity contribution in [1.82, 2.24) is 0 Å². The topological polar surface area (TPSA) is 46.5 Å². The van der Waals surface area contributed by atoms with E-state index in [1.807, 2.05) is 13.8 Å². The Bertz CT molecular complexity index is 402. The minimum atomic E-state index is -0.898. The number of rotatable bonds is 5. The van der Waals surface area contributed by atoms with Crippen LogP contribution in [0.5, 0.6) is 5.75 Å². The second-order valence-electron chi connectivity index (χ2n) is 4.36. The van der Waals surface area contributed by atoms with Gasteiger partial charge in [0, 0.05) is 0 Å². The van der Waals surface area contributed by atoms with Gasteiger partial charge in [-0.3, -0.25) is 4.79 Å². The molecule has 0 fully saturated rings. The summed E-state index contributed by atoms with van der Waals surface area (Å²) in [6, 6.07) is 4.18. The Morgan fingerprint density at radius 2 is 2.06 bits per heavy atom. The van der Waals surface area contributed by atoms with Gasteiger partial charge < -0.3 is 9.84 Å². The first kappa shape index (κ1) is 13.5. The summed E-state index contributed by atoms with van der Waals surface area (Å²) in [6.45, 7) is 5.33. The van der Waals surface area contributed by atoms with Gasteiger partial charge in [0.25, 0.3) is 0 Å². The molecule has 0 saturated carbocycles. The van der Waals surface area contributed by atoms with Crippen LogP contribution in [-0.4, -0.2) is 17.2 Å². The van der Waals surface area contributed by atoms with E-state index in [9.17, 15) is 9.18 Å². The second kappa shape index (κ2) is 5.66. The SMILES string of the molecule is CC(C)Oc1ccc(F)cc1CC(C)C(=O)O. The summed E-state index contributed by atoms with van der Waals surface area (Å²) in [5, 5.41) is 8.85. The smallest absolute Gasteiger partial charge is 0.306 e. The van der Waals surface area contributed by atoms with Crippen LogP contribution < -0.4 is 4.74 Å². The van der Waals surface area contributed by atoms with Crippen molar-refractivity contribution in [2.45, 2.75) is 33.3 Å². The Kier molecular flexibility index (Phi) is 4.49. The van der Waals surface area contributed by atoms with Crippen LogP contribution in [0.1, 0.15) is 26.3 Å². The Morgan fingerprint density at radius 3 is 2.59 bits per heavy atom. The zero-order chi connectivity index (χ0) is 13.0. The second-order valence-corrected chi connectivity index (χ2v) is 4.36. The molecule has 0 aliphatic heterocycles. The Labute approximate surface area is 100 Å². The highest BCUT2D eigenvalue weighted by Crippen LogP contribution is 2.24. The first-order valence-corrected chi connectivity index (χ1v) is 5.58. The zero-order valence-electron chi connectivity index (χ0n) is 10.2. The van der Waals surface area contributed by atoms with E-state index < -0.39 is 11.9 Å². The first-order valence-electron chi connectivity index (χ1n) is 5.58. The standard InChI is InChI=1S/C13H17FO3/c1-8(2)17-12-5-4-11(14)7-10(12)6-9(3)13(15)16/h4-5,7-9H,6H2,1-3H3,(H,15,16). The number of halogens is 1. The summed E-state index contributed by atoms with van der Waals surface area (Å²) in [5.41, 5.74) is 0.591. The molecule has 3 nitrogen and oxygen atoms in total. The van der Waals surface area contributed by atoms with Gasteiger partial charge in [-0.2, -0.15) is 0 Å². The molecular weight excluding hydrogens is 223 g/mol. The third-order valence-corrected chi connectivity index (χ3v) is 2.33. The highest BCUT2D eigenvalue weighted by Gasteiger charge is 2.16. The van der Waals surface area contributed by atoms with Gasteiger partial charge in [-0.15, -0.1) is 0 Å². The molecule has 0 radical (unpaired) electrons. The molecule has 4 heteroatoms. The van der Waals surface area contributed by atoms with Crippen molar-refractivity contribution >= 4 is 5.97 Å². The molecule has 0 bridgehead atoms. The molecule has 1 rings (SSSR count). The largest absolute Gasteiger partial charge is 0.491 e. The van der Waals surface area contributed by atoms with E-state index in [1.54, 1.807) is 13.0 Å². The van der Waals surface area contributed by atoms with Crippen molar-refractivity contribution in [3.05, 3.63) is 29.6 Å². The molecule has 17 heavy (non-hydrogen) atoms. The molecule has 0 spiro atoms. The number of aliphatic carboxylic acids is 1. The van der Waals surface area contributed by atoms with E-state index in [-0.39, 0.29) is 18.3 Å². The maximum absolute atomic E-state index is 13.1. The number of hydrogen-bond donors (Lipinski definition) is 1. The summed E-state index contributed by atoms with van der Waals surface area (Å²) < 4.78 is 18.7. The first-order chi connectivity index (χ1) is 7.90. The molecule has 94 valence electrons. The van der Waals surface area contributed by atoms with E-state index in [4.69, 9.17) is 9.84 Å². The molecule has 1 atom stereocenters. The molecule has 1 unspecified atom stereocenters. The van der Waals surface area contributed by atoms with Crippen LogP contribution in [0.3, 0.4) is 0 Å². The lowest BCUT2D eigenvalue weighted by atomic mass is 10.0. The molecule has 0 aromatic heterocycles. The van der Waals surface area contributed by atoms with E-state index in [0.29, 0.717) is 11.3 Å². The van der Waals surface area contributed by atoms with Gasteiger partial charge in [0.05, 0.1) is 12.0 Å². The number of carboxylic acid groups (broad SMARTS) is 1. The summed E-state index contributed by atoms with van der Waals surface area (Å²) >= 11 is 0. The minimum Gasteiger partial charge on any atom is -0.491 e. The number of ether oxygens (including phenoxy) is 1. The summed E-state index contributed by atoms with van der Waals surface area (Å²) in [6.07, 6.45) is 0.231. The van der Waals surface area contributed by atoms with Crippen molar-refractivity contribution in [2.75, 3.05) is 0 Å². The fourth-order valence-electron chi connectivity index (χ4n) is 1.49. The van der Waals surface area contributed by atoms with Crippen LogP contribution in [-0.2, 0) is 11.2 Å². The lowest BCUT2D eigenvalue weighted by molar-refractivity contribution is -0.141. The van der Waals surface area contributed by atoms with E-state index in [1.165, 1.54) is 12.1 Å². The quantitative estimate of drug-likeness (QED) is 0.860. The predicted octanol–water partition coefficient (Wildman–Crippen LogP) is 2.88. The maximum atomic E-state index is 13.1. The van der Waals surface area contributed by atoms with Crippen LogP contribution in [0.2, 0.25) is 0 Å². The Morgan fingerprint density at radius 1 is 1.41 bits per heavy atom. The fraction of sp³-hybridized carbons (Fsp3) is 0.462. The predicted molar refractivity (Wildman–Crippen MR) is 62.7 cm³/mol. The third kappa shape index (κ3) is 4.06. The average Bonchev–Trinajstić information content (AvgIpc) is 2.21. The lowest BCUT2D eigenvalue weighted by Gasteiger charge is -2.15. The van der Waals surface area contributed by atoms with Crippen molar-refractivity contribution in [3.63, 3.8) is 0 Å². The fourth-order valence-corrected chi connectivity index (χ4v) is 1.49. The maximum Gasteiger partial charge on any atom is 0.306 e. The zero-order valence-corrected chi connectivity index (χ0v) is 10.2. The number of carbonyl (C=O) groups is 1. The van der Waals surface area contributed by atoms with Gasteiger partial charge >= 0.3 is 5.97 Å². The highest BCUT2D eigenvalue weighted by atomic mass is 19.1. The molecule has 0 aliphatic rings. The Balaban J connectivity index is 2.94. The molecule has 0 heterocycles. The monoisotopic (exact) mass is 240 g/mol. The van der Waals surface area contributed by atoms with Gasteiger partial charge in [-0.25, -0.2) is 4.39 Å². The van der Waals surface area contributed by atoms with E-state index in [2.05, 4.69) is 0 Å². The van der Waals surface area contributed by atoms with Crippen molar-refractivity contribution < 1.29 is 19.0 Å². The van der Waals surface area contributed by atoms with Crippen LogP contribution >= 0.6 is 0 Å². The molecular formula is C13H17FO3. The van der Waals surface area contributed by atoms with Gasteiger partial charge in [0.1, 0.15) is 11.6 Å². The summed E-state index contributed by atoms with van der Waals surface area (Å²) in [5.74, 6) is -1.29. The lowest BCUT2D eigenvalue weighted by Crippen LogP contribution is -2.14. The summed E-state index contributed by atoms with van der Waals surface area (Å²) in [4.78, 5) is 10.8. The van der Waals surface area contributed by atoms with E-state index >= 15 is 0 Å². The molecule has 1 aromatic carbocycles.